The van der Waals surface area contributed by atoms with E-state index < -0.39 is 22.2 Å². The van der Waals surface area contributed by atoms with Crippen LogP contribution in [0.4, 0.5) is 13.2 Å². The van der Waals surface area contributed by atoms with Gasteiger partial charge in [-0.2, -0.15) is 13.2 Å². The smallest absolute Gasteiger partial charge is 0.449 e. The maximum atomic E-state index is 12.8. The van der Waals surface area contributed by atoms with E-state index >= 15 is 0 Å². The van der Waals surface area contributed by atoms with E-state index in [4.69, 9.17) is 28.3 Å². The largest absolute Gasteiger partial charge is 0.478 e. The predicted octanol–water partition coefficient (Wildman–Crippen LogP) is 3.85. The molecule has 2 rings (SSSR count). The Hall–Kier alpha value is -1.40. The van der Waals surface area contributed by atoms with Gasteiger partial charge in [0.15, 0.2) is 0 Å². The molecule has 3 nitrogen and oxygen atoms in total. The van der Waals surface area contributed by atoms with Crippen molar-refractivity contribution in [3.05, 3.63) is 34.4 Å². The van der Waals surface area contributed by atoms with Crippen LogP contribution in [0.3, 0.4) is 0 Å². The summed E-state index contributed by atoms with van der Waals surface area (Å²) in [5.74, 6) is -1.59. The molecule has 102 valence electrons. The summed E-state index contributed by atoms with van der Waals surface area (Å²) >= 11 is 10.9. The molecule has 1 aromatic carbocycles. The fraction of sp³-hybridized carbons (Fsp3) is 0.182. The Balaban J connectivity index is 2.54. The van der Waals surface area contributed by atoms with Gasteiger partial charge in [0.1, 0.15) is 5.75 Å². The number of ether oxygens (including phenoxy) is 1. The number of hydrogen-bond acceptors (Lipinski definition) is 2. The molecule has 1 aromatic rings. The summed E-state index contributed by atoms with van der Waals surface area (Å²) in [7, 11) is 0. The number of halogens is 5. The molecule has 1 aliphatic rings. The number of hydrogen-bond donors (Lipinski definition) is 1. The third-order valence-corrected chi connectivity index (χ3v) is 3.43. The van der Waals surface area contributed by atoms with Gasteiger partial charge >= 0.3 is 17.2 Å². The third-order valence-electron chi connectivity index (χ3n) is 2.47. The van der Waals surface area contributed by atoms with Gasteiger partial charge in [0.2, 0.25) is 0 Å². The lowest BCUT2D eigenvalue weighted by Crippen LogP contribution is -2.46. The van der Waals surface area contributed by atoms with Crippen molar-refractivity contribution < 1.29 is 27.8 Å². The fourth-order valence-electron chi connectivity index (χ4n) is 1.50. The van der Waals surface area contributed by atoms with Crippen molar-refractivity contribution in [2.75, 3.05) is 0 Å². The van der Waals surface area contributed by atoms with Gasteiger partial charge in [-0.15, -0.1) is 0 Å². The molecule has 8 heteroatoms. The van der Waals surface area contributed by atoms with Crippen molar-refractivity contribution in [3.8, 4) is 5.75 Å². The van der Waals surface area contributed by atoms with Gasteiger partial charge in [-0.3, -0.25) is 0 Å². The van der Waals surface area contributed by atoms with Crippen molar-refractivity contribution >= 4 is 35.2 Å². The predicted molar refractivity (Wildman–Crippen MR) is 62.5 cm³/mol. The fourth-order valence-corrected chi connectivity index (χ4v) is 1.90. The molecule has 0 spiro atoms. The average Bonchev–Trinajstić information content (AvgIpc) is 2.28. The van der Waals surface area contributed by atoms with Gasteiger partial charge < -0.3 is 9.84 Å². The van der Waals surface area contributed by atoms with E-state index in [0.717, 1.165) is 12.1 Å². The zero-order valence-corrected chi connectivity index (χ0v) is 10.5. The molecule has 1 unspecified atom stereocenters. The highest BCUT2D eigenvalue weighted by Crippen LogP contribution is 2.49. The third kappa shape index (κ3) is 2.26. The second-order valence-corrected chi connectivity index (χ2v) is 4.68. The Morgan fingerprint density at radius 3 is 2.53 bits per heavy atom. The number of carbonyl (C=O) groups is 1. The molecular formula is C11H5Cl2F3O3. The van der Waals surface area contributed by atoms with Gasteiger partial charge in [0.05, 0.1) is 10.6 Å². The summed E-state index contributed by atoms with van der Waals surface area (Å²) in [6.45, 7) is 0. The van der Waals surface area contributed by atoms with E-state index in [1.54, 1.807) is 0 Å². The standard InChI is InChI=1S/C11H5Cl2F3O3/c12-8-4-5-1-2-6(9(17)18)3-7(5)19-10(8,13)11(14,15)16/h1-4H,(H,17,18). The Morgan fingerprint density at radius 1 is 1.37 bits per heavy atom. The number of alkyl halides is 4. The van der Waals surface area contributed by atoms with E-state index in [2.05, 4.69) is 4.74 Å². The van der Waals surface area contributed by atoms with Crippen molar-refractivity contribution in [2.45, 2.75) is 11.2 Å². The van der Waals surface area contributed by atoms with E-state index in [1.807, 2.05) is 0 Å². The topological polar surface area (TPSA) is 46.5 Å². The number of carboxylic acid groups (broad SMARTS) is 1. The summed E-state index contributed by atoms with van der Waals surface area (Å²) in [4.78, 5) is 10.8. The van der Waals surface area contributed by atoms with Crippen LogP contribution in [0.2, 0.25) is 0 Å². The van der Waals surface area contributed by atoms with E-state index in [9.17, 15) is 18.0 Å². The first-order valence-electron chi connectivity index (χ1n) is 4.85. The number of fused-ring (bicyclic) bond motifs is 1. The summed E-state index contributed by atoms with van der Waals surface area (Å²) in [5.41, 5.74) is 0.00175. The summed E-state index contributed by atoms with van der Waals surface area (Å²) in [6.07, 6.45) is -3.95. The normalized spacial score (nSPS) is 22.3. The molecular weight excluding hydrogens is 308 g/mol. The van der Waals surface area contributed by atoms with Crippen LogP contribution in [0.25, 0.3) is 6.08 Å². The SMILES string of the molecule is O=C(O)c1ccc2c(c1)OC(Cl)(C(F)(F)F)C(Cl)=C2. The van der Waals surface area contributed by atoms with Gasteiger partial charge in [0, 0.05) is 5.56 Å². The van der Waals surface area contributed by atoms with Crippen LogP contribution in [-0.4, -0.2) is 22.3 Å². The van der Waals surface area contributed by atoms with Crippen LogP contribution in [0.15, 0.2) is 23.2 Å². The quantitative estimate of drug-likeness (QED) is 0.801. The van der Waals surface area contributed by atoms with Gasteiger partial charge in [-0.25, -0.2) is 4.79 Å². The van der Waals surface area contributed by atoms with Crippen molar-refractivity contribution in [3.63, 3.8) is 0 Å². The van der Waals surface area contributed by atoms with Crippen molar-refractivity contribution in [1.82, 2.24) is 0 Å². The maximum Gasteiger partial charge on any atom is 0.449 e. The number of benzene rings is 1. The van der Waals surface area contributed by atoms with Gasteiger partial charge in [-0.1, -0.05) is 29.3 Å². The molecule has 0 aliphatic carbocycles. The van der Waals surface area contributed by atoms with E-state index in [-0.39, 0.29) is 16.9 Å². The molecule has 19 heavy (non-hydrogen) atoms. The highest BCUT2D eigenvalue weighted by molar-refractivity contribution is 6.41. The number of carboxylic acids is 1. The first kappa shape index (κ1) is 14.0. The molecule has 0 saturated carbocycles. The number of rotatable bonds is 1. The Bertz CT molecular complexity index is 583. The Labute approximate surface area is 115 Å². The molecule has 1 N–H and O–H groups in total. The minimum absolute atomic E-state index is 0.216. The minimum atomic E-state index is -4.95. The number of aromatic carboxylic acids is 1. The van der Waals surface area contributed by atoms with Crippen molar-refractivity contribution in [2.24, 2.45) is 0 Å². The van der Waals surface area contributed by atoms with Crippen LogP contribution >= 0.6 is 23.2 Å². The monoisotopic (exact) mass is 312 g/mol. The molecule has 0 fully saturated rings. The van der Waals surface area contributed by atoms with E-state index in [1.165, 1.54) is 12.1 Å². The lowest BCUT2D eigenvalue weighted by atomic mass is 10.1. The Kier molecular flexibility index (Phi) is 3.18. The first-order chi connectivity index (χ1) is 8.65. The molecule has 1 aliphatic heterocycles. The molecule has 1 atom stereocenters. The van der Waals surface area contributed by atoms with E-state index in [0.29, 0.717) is 0 Å². The molecule has 0 aromatic heterocycles. The van der Waals surface area contributed by atoms with Gasteiger partial charge in [0.25, 0.3) is 0 Å². The van der Waals surface area contributed by atoms with Crippen LogP contribution < -0.4 is 4.74 Å². The van der Waals surface area contributed by atoms with Crippen molar-refractivity contribution in [1.29, 1.82) is 0 Å². The average molecular weight is 313 g/mol. The summed E-state index contributed by atoms with van der Waals surface area (Å²) < 4.78 is 43.2. The maximum absolute atomic E-state index is 12.8. The molecule has 0 amide bonds. The molecule has 0 radical (unpaired) electrons. The lowest BCUT2D eigenvalue weighted by molar-refractivity contribution is -0.199. The highest BCUT2D eigenvalue weighted by atomic mass is 35.5. The second kappa shape index (κ2) is 4.31. The zero-order valence-electron chi connectivity index (χ0n) is 8.96. The van der Waals surface area contributed by atoms with Crippen LogP contribution in [0.1, 0.15) is 15.9 Å². The van der Waals surface area contributed by atoms with Crippen LogP contribution in [0.5, 0.6) is 5.75 Å². The van der Waals surface area contributed by atoms with Crippen LogP contribution in [0, 0.1) is 0 Å². The Morgan fingerprint density at radius 2 is 2.00 bits per heavy atom. The first-order valence-corrected chi connectivity index (χ1v) is 5.60. The molecule has 0 bridgehead atoms. The molecule has 0 saturated heterocycles. The zero-order chi connectivity index (χ0) is 14.4. The summed E-state index contributed by atoms with van der Waals surface area (Å²) in [6, 6.07) is 3.47. The highest BCUT2D eigenvalue weighted by Gasteiger charge is 2.60. The molecule has 1 heterocycles. The second-order valence-electron chi connectivity index (χ2n) is 3.75. The van der Waals surface area contributed by atoms with Crippen LogP contribution in [-0.2, 0) is 0 Å². The summed E-state index contributed by atoms with van der Waals surface area (Å²) in [5, 5.41) is 4.84. The van der Waals surface area contributed by atoms with Gasteiger partial charge in [-0.05, 0) is 18.2 Å². The lowest BCUT2D eigenvalue weighted by Gasteiger charge is -2.33. The minimum Gasteiger partial charge on any atom is -0.478 e.